The second-order valence-corrected chi connectivity index (χ2v) is 5.60. The minimum Gasteiger partial charge on any atom is -0.135 e. The maximum Gasteiger partial charge on any atom is 0.0551 e. The zero-order valence-electron chi connectivity index (χ0n) is 9.67. The topological polar surface area (TPSA) is 0 Å². The van der Waals surface area contributed by atoms with E-state index in [4.69, 9.17) is 12.2 Å². The van der Waals surface area contributed by atoms with Crippen LogP contribution in [0, 0.1) is 5.41 Å². The molecule has 0 N–H and O–H groups in total. The Balaban J connectivity index is 2.07. The monoisotopic (exact) mass is 260 g/mol. The average Bonchev–Trinajstić information content (AvgIpc) is 2.38. The smallest absolute Gasteiger partial charge is 0.0551 e. The van der Waals surface area contributed by atoms with Gasteiger partial charge in [-0.25, -0.2) is 0 Å². The van der Waals surface area contributed by atoms with Gasteiger partial charge in [-0.1, -0.05) is 66.9 Å². The van der Waals surface area contributed by atoms with Crippen molar-refractivity contribution in [3.05, 3.63) is 60.2 Å². The fourth-order valence-electron chi connectivity index (χ4n) is 2.13. The lowest BCUT2D eigenvalue weighted by atomic mass is 9.78. The highest BCUT2D eigenvalue weighted by Crippen LogP contribution is 2.36. The number of aryl methyl sites for hydroxylation is 1. The van der Waals surface area contributed by atoms with Gasteiger partial charge in [-0.05, 0) is 24.8 Å². The van der Waals surface area contributed by atoms with Crippen molar-refractivity contribution in [2.75, 3.05) is 0 Å². The first-order valence-electron chi connectivity index (χ1n) is 5.85. The van der Waals surface area contributed by atoms with E-state index in [1.807, 2.05) is 6.07 Å². The SMILES string of the molecule is S=C(S)C1(CCc2ccccc2)C=CC=CC1. The van der Waals surface area contributed by atoms with Gasteiger partial charge in [0.15, 0.2) is 0 Å². The van der Waals surface area contributed by atoms with Crippen molar-refractivity contribution >= 4 is 29.0 Å². The summed E-state index contributed by atoms with van der Waals surface area (Å²) in [5.41, 5.74) is 1.32. The Morgan fingerprint density at radius 3 is 2.59 bits per heavy atom. The van der Waals surface area contributed by atoms with Crippen molar-refractivity contribution in [2.45, 2.75) is 19.3 Å². The van der Waals surface area contributed by atoms with Crippen LogP contribution in [-0.2, 0) is 6.42 Å². The van der Waals surface area contributed by atoms with E-state index in [1.54, 1.807) is 0 Å². The van der Waals surface area contributed by atoms with Gasteiger partial charge in [0, 0.05) is 5.41 Å². The van der Waals surface area contributed by atoms with Gasteiger partial charge in [0.05, 0.1) is 4.20 Å². The first-order chi connectivity index (χ1) is 8.23. The van der Waals surface area contributed by atoms with Gasteiger partial charge in [-0.15, -0.1) is 12.6 Å². The lowest BCUT2D eigenvalue weighted by molar-refractivity contribution is 0.502. The Morgan fingerprint density at radius 2 is 2.00 bits per heavy atom. The molecule has 0 radical (unpaired) electrons. The predicted octanol–water partition coefficient (Wildman–Crippen LogP) is 4.38. The fourth-order valence-corrected chi connectivity index (χ4v) is 2.66. The molecular formula is C15H16S2. The molecule has 0 amide bonds. The summed E-state index contributed by atoms with van der Waals surface area (Å²) in [7, 11) is 0. The molecule has 1 atom stereocenters. The standard InChI is InChI=1S/C15H16S2/c16-14(17)15(10-5-2-6-11-15)12-9-13-7-3-1-4-8-13/h1-8,10H,9,11-12H2,(H,16,17). The van der Waals surface area contributed by atoms with Gasteiger partial charge in [-0.3, -0.25) is 0 Å². The minimum atomic E-state index is -0.0387. The molecule has 1 unspecified atom stereocenters. The molecule has 0 heterocycles. The van der Waals surface area contributed by atoms with Crippen LogP contribution in [-0.4, -0.2) is 4.20 Å². The number of thiocarbonyl (C=S) groups is 1. The highest BCUT2D eigenvalue weighted by molar-refractivity contribution is 8.11. The molecule has 0 aliphatic heterocycles. The Labute approximate surface area is 114 Å². The molecule has 1 aliphatic carbocycles. The Bertz CT molecular complexity index is 445. The van der Waals surface area contributed by atoms with Crippen molar-refractivity contribution in [1.29, 1.82) is 0 Å². The quantitative estimate of drug-likeness (QED) is 0.619. The van der Waals surface area contributed by atoms with Crippen molar-refractivity contribution in [3.8, 4) is 0 Å². The largest absolute Gasteiger partial charge is 0.135 e. The van der Waals surface area contributed by atoms with Gasteiger partial charge < -0.3 is 0 Å². The van der Waals surface area contributed by atoms with E-state index in [9.17, 15) is 0 Å². The summed E-state index contributed by atoms with van der Waals surface area (Å²) in [5, 5.41) is 0. The van der Waals surface area contributed by atoms with E-state index in [2.05, 4.69) is 61.2 Å². The predicted molar refractivity (Wildman–Crippen MR) is 81.7 cm³/mol. The Morgan fingerprint density at radius 1 is 1.24 bits per heavy atom. The van der Waals surface area contributed by atoms with Gasteiger partial charge in [0.2, 0.25) is 0 Å². The van der Waals surface area contributed by atoms with Gasteiger partial charge >= 0.3 is 0 Å². The van der Waals surface area contributed by atoms with E-state index < -0.39 is 0 Å². The van der Waals surface area contributed by atoms with E-state index in [1.165, 1.54) is 5.56 Å². The molecule has 0 bridgehead atoms. The van der Waals surface area contributed by atoms with Crippen LogP contribution in [0.25, 0.3) is 0 Å². The molecule has 0 saturated carbocycles. The minimum absolute atomic E-state index is 0.0387. The third kappa shape index (κ3) is 3.08. The van der Waals surface area contributed by atoms with Gasteiger partial charge in [0.25, 0.3) is 0 Å². The van der Waals surface area contributed by atoms with Crippen LogP contribution >= 0.6 is 24.8 Å². The Hall–Kier alpha value is -0.860. The normalized spacial score (nSPS) is 22.6. The van der Waals surface area contributed by atoms with E-state index in [0.29, 0.717) is 0 Å². The van der Waals surface area contributed by atoms with Crippen LogP contribution in [0.3, 0.4) is 0 Å². The molecule has 0 saturated heterocycles. The van der Waals surface area contributed by atoms with Crippen LogP contribution in [0.15, 0.2) is 54.6 Å². The average molecular weight is 260 g/mol. The Kier molecular flexibility index (Phi) is 4.19. The summed E-state index contributed by atoms with van der Waals surface area (Å²) >= 11 is 9.74. The molecular weight excluding hydrogens is 244 g/mol. The third-order valence-electron chi connectivity index (χ3n) is 3.27. The first-order valence-corrected chi connectivity index (χ1v) is 6.70. The second kappa shape index (κ2) is 5.65. The molecule has 0 aromatic heterocycles. The number of thiol groups is 1. The number of benzene rings is 1. The molecule has 0 fully saturated rings. The summed E-state index contributed by atoms with van der Waals surface area (Å²) in [4.78, 5) is 0. The number of allylic oxidation sites excluding steroid dienone is 4. The molecule has 1 aliphatic rings. The molecule has 2 heteroatoms. The van der Waals surface area contributed by atoms with Crippen LogP contribution in [0.4, 0.5) is 0 Å². The van der Waals surface area contributed by atoms with Crippen LogP contribution in [0.5, 0.6) is 0 Å². The molecule has 2 rings (SSSR count). The number of hydrogen-bond acceptors (Lipinski definition) is 1. The van der Waals surface area contributed by atoms with Crippen LogP contribution in [0.2, 0.25) is 0 Å². The molecule has 1 aromatic carbocycles. The second-order valence-electron chi connectivity index (χ2n) is 4.44. The fraction of sp³-hybridized carbons (Fsp3) is 0.267. The van der Waals surface area contributed by atoms with Crippen LogP contribution in [0.1, 0.15) is 18.4 Å². The zero-order chi connectivity index (χ0) is 12.1. The molecule has 0 nitrogen and oxygen atoms in total. The molecule has 1 aromatic rings. The van der Waals surface area contributed by atoms with Crippen molar-refractivity contribution in [1.82, 2.24) is 0 Å². The zero-order valence-corrected chi connectivity index (χ0v) is 11.4. The number of hydrogen-bond donors (Lipinski definition) is 1. The molecule has 88 valence electrons. The van der Waals surface area contributed by atoms with Gasteiger partial charge in [-0.2, -0.15) is 0 Å². The highest BCUT2D eigenvalue weighted by atomic mass is 32.1. The highest BCUT2D eigenvalue weighted by Gasteiger charge is 2.29. The van der Waals surface area contributed by atoms with E-state index in [-0.39, 0.29) is 5.41 Å². The van der Waals surface area contributed by atoms with Crippen molar-refractivity contribution in [3.63, 3.8) is 0 Å². The van der Waals surface area contributed by atoms with Crippen molar-refractivity contribution in [2.24, 2.45) is 5.41 Å². The summed E-state index contributed by atoms with van der Waals surface area (Å²) in [6.07, 6.45) is 11.6. The van der Waals surface area contributed by atoms with E-state index >= 15 is 0 Å². The molecule has 17 heavy (non-hydrogen) atoms. The van der Waals surface area contributed by atoms with Gasteiger partial charge in [0.1, 0.15) is 0 Å². The summed E-state index contributed by atoms with van der Waals surface area (Å²) in [5.74, 6) is 0. The van der Waals surface area contributed by atoms with Crippen LogP contribution < -0.4 is 0 Å². The lowest BCUT2D eigenvalue weighted by Crippen LogP contribution is -2.25. The van der Waals surface area contributed by atoms with Crippen molar-refractivity contribution < 1.29 is 0 Å². The lowest BCUT2D eigenvalue weighted by Gasteiger charge is -2.30. The summed E-state index contributed by atoms with van der Waals surface area (Å²) in [6.45, 7) is 0. The summed E-state index contributed by atoms with van der Waals surface area (Å²) < 4.78 is 0.800. The third-order valence-corrected chi connectivity index (χ3v) is 4.12. The summed E-state index contributed by atoms with van der Waals surface area (Å²) in [6, 6.07) is 10.5. The number of rotatable bonds is 4. The van der Waals surface area contributed by atoms with E-state index in [0.717, 1.165) is 23.5 Å². The maximum absolute atomic E-state index is 5.32. The molecule has 0 spiro atoms. The first kappa shape index (κ1) is 12.6. The maximum atomic E-state index is 5.32.